The molecule has 3 heterocycles. The van der Waals surface area contributed by atoms with E-state index < -0.39 is 0 Å². The predicted octanol–water partition coefficient (Wildman–Crippen LogP) is 3.70. The molecule has 7 nitrogen and oxygen atoms in total. The van der Waals surface area contributed by atoms with Gasteiger partial charge in [-0.2, -0.15) is 0 Å². The van der Waals surface area contributed by atoms with Crippen LogP contribution in [0.5, 0.6) is 0 Å². The number of pyridine rings is 1. The molecule has 2 amide bonds. The highest BCUT2D eigenvalue weighted by Gasteiger charge is 2.28. The van der Waals surface area contributed by atoms with Crippen molar-refractivity contribution in [2.75, 3.05) is 26.2 Å². The number of likely N-dealkylation sites (N-methyl/N-ethyl adjacent to an activating group) is 1. The average Bonchev–Trinajstić information content (AvgIpc) is 3.35. The van der Waals surface area contributed by atoms with Crippen molar-refractivity contribution in [1.29, 1.82) is 0 Å². The molecule has 1 aromatic carbocycles. The highest BCUT2D eigenvalue weighted by atomic mass is 16.2. The van der Waals surface area contributed by atoms with Crippen LogP contribution in [0, 0.1) is 0 Å². The Morgan fingerprint density at radius 3 is 2.47 bits per heavy atom. The molecular formula is C27H35N5O2. The second-order valence-corrected chi connectivity index (χ2v) is 9.03. The highest BCUT2D eigenvalue weighted by molar-refractivity contribution is 5.94. The first-order valence-electron chi connectivity index (χ1n) is 12.3. The van der Waals surface area contributed by atoms with Gasteiger partial charge in [0.15, 0.2) is 0 Å². The smallest absolute Gasteiger partial charge is 0.251 e. The predicted molar refractivity (Wildman–Crippen MR) is 134 cm³/mol. The van der Waals surface area contributed by atoms with E-state index in [0.717, 1.165) is 50.2 Å². The number of nitrogens with one attached hydrogen (secondary N) is 1. The van der Waals surface area contributed by atoms with Crippen LogP contribution in [0.15, 0.2) is 55.0 Å². The molecule has 0 bridgehead atoms. The van der Waals surface area contributed by atoms with Crippen LogP contribution < -0.4 is 5.32 Å². The maximum atomic E-state index is 12.9. The van der Waals surface area contributed by atoms with E-state index in [2.05, 4.69) is 41.2 Å². The van der Waals surface area contributed by atoms with Gasteiger partial charge in [0.2, 0.25) is 5.91 Å². The minimum atomic E-state index is -0.0828. The minimum Gasteiger partial charge on any atom is -0.348 e. The lowest BCUT2D eigenvalue weighted by atomic mass is 9.88. The van der Waals surface area contributed by atoms with Gasteiger partial charge in [0.25, 0.3) is 5.91 Å². The Hall–Kier alpha value is -3.19. The summed E-state index contributed by atoms with van der Waals surface area (Å²) < 4.78 is 1.94. The summed E-state index contributed by atoms with van der Waals surface area (Å²) in [4.78, 5) is 34.0. The number of rotatable bonds is 8. The van der Waals surface area contributed by atoms with Gasteiger partial charge < -0.3 is 14.6 Å². The second kappa shape index (κ2) is 10.8. The van der Waals surface area contributed by atoms with E-state index in [1.807, 2.05) is 52.9 Å². The Morgan fingerprint density at radius 2 is 1.79 bits per heavy atom. The number of carbonyl (C=O) groups excluding carboxylic acids is 2. The fraction of sp³-hybridized carbons (Fsp3) is 0.444. The molecule has 7 heteroatoms. The molecular weight excluding hydrogens is 426 g/mol. The van der Waals surface area contributed by atoms with E-state index in [4.69, 9.17) is 0 Å². The zero-order chi connectivity index (χ0) is 24.1. The molecule has 0 aliphatic carbocycles. The van der Waals surface area contributed by atoms with Crippen molar-refractivity contribution in [2.24, 2.45) is 0 Å². The molecule has 1 aliphatic rings. The lowest BCUT2D eigenvalue weighted by molar-refractivity contribution is -0.137. The lowest BCUT2D eigenvalue weighted by Crippen LogP contribution is -2.49. The number of fused-ring (bicyclic) bond motifs is 1. The molecule has 0 saturated carbocycles. The number of likely N-dealkylation sites (tertiary alicyclic amines) is 1. The molecule has 180 valence electrons. The first-order chi connectivity index (χ1) is 16.5. The molecule has 1 aliphatic heterocycles. The van der Waals surface area contributed by atoms with Crippen LogP contribution in [-0.2, 0) is 11.3 Å². The Labute approximate surface area is 201 Å². The van der Waals surface area contributed by atoms with Gasteiger partial charge in [0.1, 0.15) is 5.65 Å². The summed E-state index contributed by atoms with van der Waals surface area (Å²) in [6.07, 6.45) is 7.51. The molecule has 34 heavy (non-hydrogen) atoms. The Balaban J connectivity index is 1.28. The van der Waals surface area contributed by atoms with Crippen molar-refractivity contribution in [3.8, 4) is 0 Å². The van der Waals surface area contributed by atoms with Crippen molar-refractivity contribution >= 4 is 17.5 Å². The molecule has 4 rings (SSSR count). The summed E-state index contributed by atoms with van der Waals surface area (Å²) in [6, 6.07) is 11.8. The highest BCUT2D eigenvalue weighted by Crippen LogP contribution is 2.28. The largest absolute Gasteiger partial charge is 0.348 e. The van der Waals surface area contributed by atoms with Gasteiger partial charge in [-0.3, -0.25) is 14.5 Å². The van der Waals surface area contributed by atoms with Gasteiger partial charge in [0, 0.05) is 43.8 Å². The number of piperidine rings is 1. The van der Waals surface area contributed by atoms with E-state index in [1.165, 1.54) is 5.56 Å². The number of hydrogen-bond donors (Lipinski definition) is 1. The maximum Gasteiger partial charge on any atom is 0.251 e. The van der Waals surface area contributed by atoms with Crippen LogP contribution in [0.25, 0.3) is 5.65 Å². The van der Waals surface area contributed by atoms with E-state index in [9.17, 15) is 9.59 Å². The summed E-state index contributed by atoms with van der Waals surface area (Å²) >= 11 is 0. The lowest BCUT2D eigenvalue weighted by Gasteiger charge is -2.36. The normalized spacial score (nSPS) is 15.6. The maximum absolute atomic E-state index is 12.9. The molecule has 1 N–H and O–H groups in total. The van der Waals surface area contributed by atoms with E-state index in [1.54, 1.807) is 6.20 Å². The molecule has 1 fully saturated rings. The number of carbonyl (C=O) groups is 2. The molecule has 0 radical (unpaired) electrons. The third kappa shape index (κ3) is 5.30. The third-order valence-electron chi connectivity index (χ3n) is 7.08. The molecule has 1 unspecified atom stereocenters. The quantitative estimate of drug-likeness (QED) is 0.555. The Morgan fingerprint density at radius 1 is 1.09 bits per heavy atom. The fourth-order valence-electron chi connectivity index (χ4n) is 4.88. The fourth-order valence-corrected chi connectivity index (χ4v) is 4.88. The topological polar surface area (TPSA) is 70.0 Å². The van der Waals surface area contributed by atoms with Gasteiger partial charge in [-0.15, -0.1) is 0 Å². The summed E-state index contributed by atoms with van der Waals surface area (Å²) in [6.45, 7) is 10.0. The average molecular weight is 462 g/mol. The van der Waals surface area contributed by atoms with Crippen LogP contribution in [0.4, 0.5) is 0 Å². The minimum absolute atomic E-state index is 0.0639. The Bertz CT molecular complexity index is 1110. The van der Waals surface area contributed by atoms with Crippen molar-refractivity contribution in [3.05, 3.63) is 71.7 Å². The van der Waals surface area contributed by atoms with Crippen molar-refractivity contribution in [2.45, 2.75) is 52.1 Å². The number of nitrogens with zero attached hydrogens (tertiary/aromatic N) is 4. The second-order valence-electron chi connectivity index (χ2n) is 9.03. The summed E-state index contributed by atoms with van der Waals surface area (Å²) in [5.74, 6) is 0.577. The Kier molecular flexibility index (Phi) is 7.63. The van der Waals surface area contributed by atoms with E-state index in [0.29, 0.717) is 18.0 Å². The van der Waals surface area contributed by atoms with Crippen LogP contribution in [0.2, 0.25) is 0 Å². The molecule has 1 saturated heterocycles. The molecule has 0 spiro atoms. The van der Waals surface area contributed by atoms with Gasteiger partial charge in [-0.05, 0) is 74.2 Å². The molecule has 3 aromatic rings. The number of benzene rings is 1. The van der Waals surface area contributed by atoms with E-state index in [-0.39, 0.29) is 17.9 Å². The monoisotopic (exact) mass is 461 g/mol. The van der Waals surface area contributed by atoms with Gasteiger partial charge in [-0.1, -0.05) is 26.0 Å². The molecule has 2 aromatic heterocycles. The number of aromatic nitrogens is 2. The van der Waals surface area contributed by atoms with Gasteiger partial charge in [0.05, 0.1) is 6.04 Å². The van der Waals surface area contributed by atoms with Crippen molar-refractivity contribution in [3.63, 3.8) is 0 Å². The standard InChI is InChI=1S/C27H35N5O2/c1-4-30(5-2)20(3)27(34)32-15-11-23(12-16-32)22-6-8-24(9-7-22)26(33)29-19-21-10-14-31-17-13-28-25(31)18-21/h6-10,13-14,17-18,20,23H,4-5,11-12,15-16,19H2,1-3H3,(H,29,33). The first kappa shape index (κ1) is 24.0. The van der Waals surface area contributed by atoms with Crippen LogP contribution >= 0.6 is 0 Å². The van der Waals surface area contributed by atoms with Crippen LogP contribution in [0.3, 0.4) is 0 Å². The molecule has 1 atom stereocenters. The first-order valence-corrected chi connectivity index (χ1v) is 12.3. The number of imidazole rings is 1. The number of hydrogen-bond acceptors (Lipinski definition) is 4. The van der Waals surface area contributed by atoms with Crippen molar-refractivity contribution < 1.29 is 9.59 Å². The van der Waals surface area contributed by atoms with Crippen LogP contribution in [0.1, 0.15) is 61.0 Å². The van der Waals surface area contributed by atoms with Gasteiger partial charge in [-0.25, -0.2) is 4.98 Å². The summed E-state index contributed by atoms with van der Waals surface area (Å²) in [5.41, 5.74) is 3.78. The summed E-state index contributed by atoms with van der Waals surface area (Å²) in [7, 11) is 0. The SMILES string of the molecule is CCN(CC)C(C)C(=O)N1CCC(c2ccc(C(=O)NCc3ccn4ccnc4c3)cc2)CC1. The third-order valence-corrected chi connectivity index (χ3v) is 7.08. The van der Waals surface area contributed by atoms with E-state index >= 15 is 0 Å². The van der Waals surface area contributed by atoms with Crippen molar-refractivity contribution in [1.82, 2.24) is 24.5 Å². The van der Waals surface area contributed by atoms with Gasteiger partial charge >= 0.3 is 0 Å². The number of amides is 2. The zero-order valence-electron chi connectivity index (χ0n) is 20.4. The summed E-state index contributed by atoms with van der Waals surface area (Å²) in [5, 5.41) is 2.99. The zero-order valence-corrected chi connectivity index (χ0v) is 20.4. The van der Waals surface area contributed by atoms with Crippen LogP contribution in [-0.4, -0.2) is 63.2 Å².